The van der Waals surface area contributed by atoms with Crippen molar-refractivity contribution in [1.82, 2.24) is 10.1 Å². The molecule has 0 N–H and O–H groups in total. The van der Waals surface area contributed by atoms with E-state index in [0.29, 0.717) is 37.6 Å². The molecule has 0 spiro atoms. The summed E-state index contributed by atoms with van der Waals surface area (Å²) in [5.74, 6) is -0.136. The number of carbonyl (C=O) groups is 1. The second-order valence-corrected chi connectivity index (χ2v) is 5.24. The summed E-state index contributed by atoms with van der Waals surface area (Å²) in [5.41, 5.74) is 1.76. The molecule has 0 bridgehead atoms. The summed E-state index contributed by atoms with van der Waals surface area (Å²) in [5, 5.41) is 14.8. The molecule has 23 heavy (non-hydrogen) atoms. The van der Waals surface area contributed by atoms with Crippen LogP contribution < -0.4 is 0 Å². The normalized spacial score (nSPS) is 14.7. The van der Waals surface area contributed by atoms with E-state index in [0.717, 1.165) is 5.56 Å². The Kier molecular flexibility index (Phi) is 4.07. The Morgan fingerprint density at radius 1 is 1.30 bits per heavy atom. The van der Waals surface area contributed by atoms with Gasteiger partial charge in [-0.05, 0) is 12.5 Å². The molecule has 1 aliphatic rings. The maximum absolute atomic E-state index is 12.3. The monoisotopic (exact) mass is 317 g/mol. The number of non-ortho nitro benzene ring substituents is 1. The van der Waals surface area contributed by atoms with E-state index >= 15 is 0 Å². The first-order valence-corrected chi connectivity index (χ1v) is 7.15. The van der Waals surface area contributed by atoms with Crippen molar-refractivity contribution in [3.8, 4) is 11.3 Å². The maximum atomic E-state index is 12.3. The standard InChI is InChI=1S/C15H15N3O5/c1-10-2-3-11(18(20)21)8-12(10)13-9-14(23-16-13)15(19)17-4-6-22-7-5-17/h2-3,8-9H,4-7H2,1H3. The van der Waals surface area contributed by atoms with Crippen molar-refractivity contribution >= 4 is 11.6 Å². The van der Waals surface area contributed by atoms with Gasteiger partial charge in [-0.2, -0.15) is 0 Å². The Labute approximate surface area is 131 Å². The van der Waals surface area contributed by atoms with Crippen LogP contribution in [-0.2, 0) is 4.74 Å². The lowest BCUT2D eigenvalue weighted by molar-refractivity contribution is -0.384. The quantitative estimate of drug-likeness (QED) is 0.634. The van der Waals surface area contributed by atoms with Crippen molar-refractivity contribution in [3.63, 3.8) is 0 Å². The first-order chi connectivity index (χ1) is 11.1. The number of nitro benzene ring substituents is 1. The number of morpholine rings is 1. The second kappa shape index (κ2) is 6.17. The van der Waals surface area contributed by atoms with E-state index in [1.54, 1.807) is 11.0 Å². The Morgan fingerprint density at radius 2 is 2.04 bits per heavy atom. The molecule has 1 fully saturated rings. The molecule has 0 radical (unpaired) electrons. The minimum absolute atomic E-state index is 0.0327. The average molecular weight is 317 g/mol. The fraction of sp³-hybridized carbons (Fsp3) is 0.333. The molecule has 0 unspecified atom stereocenters. The molecule has 0 atom stereocenters. The molecule has 1 aliphatic heterocycles. The summed E-state index contributed by atoms with van der Waals surface area (Å²) in [6.45, 7) is 3.82. The third-order valence-electron chi connectivity index (χ3n) is 3.73. The van der Waals surface area contributed by atoms with Gasteiger partial charge < -0.3 is 14.2 Å². The van der Waals surface area contributed by atoms with Crippen LogP contribution >= 0.6 is 0 Å². The lowest BCUT2D eigenvalue weighted by Gasteiger charge is -2.25. The van der Waals surface area contributed by atoms with E-state index < -0.39 is 4.92 Å². The first kappa shape index (κ1) is 15.2. The topological polar surface area (TPSA) is 98.7 Å². The van der Waals surface area contributed by atoms with Gasteiger partial charge in [-0.3, -0.25) is 14.9 Å². The van der Waals surface area contributed by atoms with Crippen molar-refractivity contribution < 1.29 is 19.0 Å². The van der Waals surface area contributed by atoms with Gasteiger partial charge in [0.15, 0.2) is 0 Å². The largest absolute Gasteiger partial charge is 0.378 e. The number of ether oxygens (including phenoxy) is 1. The number of amides is 1. The summed E-state index contributed by atoms with van der Waals surface area (Å²) in [6, 6.07) is 6.02. The Hall–Kier alpha value is -2.74. The van der Waals surface area contributed by atoms with E-state index in [2.05, 4.69) is 5.16 Å². The van der Waals surface area contributed by atoms with Gasteiger partial charge in [0.2, 0.25) is 5.76 Å². The highest BCUT2D eigenvalue weighted by atomic mass is 16.6. The molecule has 2 heterocycles. The first-order valence-electron chi connectivity index (χ1n) is 7.15. The molecule has 0 aliphatic carbocycles. The fourth-order valence-electron chi connectivity index (χ4n) is 2.42. The lowest BCUT2D eigenvalue weighted by Crippen LogP contribution is -2.40. The van der Waals surface area contributed by atoms with Gasteiger partial charge in [0, 0.05) is 36.9 Å². The van der Waals surface area contributed by atoms with E-state index in [1.807, 2.05) is 6.92 Å². The van der Waals surface area contributed by atoms with Crippen LogP contribution in [-0.4, -0.2) is 47.2 Å². The lowest BCUT2D eigenvalue weighted by atomic mass is 10.0. The molecular formula is C15H15N3O5. The molecular weight excluding hydrogens is 302 g/mol. The highest BCUT2D eigenvalue weighted by Crippen LogP contribution is 2.27. The van der Waals surface area contributed by atoms with Crippen LogP contribution in [0.4, 0.5) is 5.69 Å². The Bertz CT molecular complexity index is 749. The third-order valence-corrected chi connectivity index (χ3v) is 3.73. The molecule has 0 saturated carbocycles. The summed E-state index contributed by atoms with van der Waals surface area (Å²) >= 11 is 0. The van der Waals surface area contributed by atoms with Crippen LogP contribution in [0.1, 0.15) is 16.1 Å². The number of aromatic nitrogens is 1. The number of hydrogen-bond acceptors (Lipinski definition) is 6. The molecule has 2 aromatic rings. The number of hydrogen-bond donors (Lipinski definition) is 0. The van der Waals surface area contributed by atoms with Crippen LogP contribution in [0.15, 0.2) is 28.8 Å². The van der Waals surface area contributed by atoms with Gasteiger partial charge in [-0.15, -0.1) is 0 Å². The molecule has 3 rings (SSSR count). The highest BCUT2D eigenvalue weighted by Gasteiger charge is 2.23. The van der Waals surface area contributed by atoms with Crippen molar-refractivity contribution in [2.75, 3.05) is 26.3 Å². The van der Waals surface area contributed by atoms with Crippen molar-refractivity contribution in [1.29, 1.82) is 0 Å². The van der Waals surface area contributed by atoms with Crippen LogP contribution in [0.3, 0.4) is 0 Å². The van der Waals surface area contributed by atoms with E-state index in [9.17, 15) is 14.9 Å². The van der Waals surface area contributed by atoms with Gasteiger partial charge in [-0.25, -0.2) is 0 Å². The summed E-state index contributed by atoms with van der Waals surface area (Å²) in [7, 11) is 0. The van der Waals surface area contributed by atoms with Gasteiger partial charge >= 0.3 is 0 Å². The number of rotatable bonds is 3. The van der Waals surface area contributed by atoms with Crippen LogP contribution in [0.25, 0.3) is 11.3 Å². The Balaban J connectivity index is 1.88. The minimum atomic E-state index is -0.469. The van der Waals surface area contributed by atoms with Crippen LogP contribution in [0.5, 0.6) is 0 Å². The molecule has 1 saturated heterocycles. The maximum Gasteiger partial charge on any atom is 0.292 e. The number of nitrogens with zero attached hydrogens (tertiary/aromatic N) is 3. The van der Waals surface area contributed by atoms with E-state index in [1.165, 1.54) is 18.2 Å². The highest BCUT2D eigenvalue weighted by molar-refractivity contribution is 5.92. The van der Waals surface area contributed by atoms with Crippen molar-refractivity contribution in [2.24, 2.45) is 0 Å². The number of benzene rings is 1. The second-order valence-electron chi connectivity index (χ2n) is 5.24. The molecule has 8 nitrogen and oxygen atoms in total. The third kappa shape index (κ3) is 3.07. The van der Waals surface area contributed by atoms with Gasteiger partial charge in [0.25, 0.3) is 11.6 Å². The molecule has 1 aromatic heterocycles. The number of nitro groups is 1. The van der Waals surface area contributed by atoms with Gasteiger partial charge in [-0.1, -0.05) is 11.2 Å². The number of carbonyl (C=O) groups excluding carboxylic acids is 1. The zero-order valence-electron chi connectivity index (χ0n) is 12.5. The van der Waals surface area contributed by atoms with Crippen molar-refractivity contribution in [2.45, 2.75) is 6.92 Å². The van der Waals surface area contributed by atoms with Crippen LogP contribution in [0, 0.1) is 17.0 Å². The number of aryl methyl sites for hydroxylation is 1. The zero-order valence-corrected chi connectivity index (χ0v) is 12.5. The minimum Gasteiger partial charge on any atom is -0.378 e. The predicted octanol–water partition coefficient (Wildman–Crippen LogP) is 2.03. The van der Waals surface area contributed by atoms with E-state index in [-0.39, 0.29) is 17.4 Å². The summed E-state index contributed by atoms with van der Waals surface area (Å²) < 4.78 is 10.3. The average Bonchev–Trinajstić information content (AvgIpc) is 3.05. The molecule has 120 valence electrons. The van der Waals surface area contributed by atoms with Crippen LogP contribution in [0.2, 0.25) is 0 Å². The van der Waals surface area contributed by atoms with E-state index in [4.69, 9.17) is 9.26 Å². The smallest absolute Gasteiger partial charge is 0.292 e. The molecule has 1 aromatic carbocycles. The summed E-state index contributed by atoms with van der Waals surface area (Å²) in [4.78, 5) is 24.4. The molecule has 8 heteroatoms. The fourth-order valence-corrected chi connectivity index (χ4v) is 2.42. The Morgan fingerprint density at radius 3 is 2.74 bits per heavy atom. The van der Waals surface area contributed by atoms with Gasteiger partial charge in [0.1, 0.15) is 5.69 Å². The van der Waals surface area contributed by atoms with Crippen molar-refractivity contribution in [3.05, 3.63) is 45.7 Å². The molecule has 1 amide bonds. The van der Waals surface area contributed by atoms with Gasteiger partial charge in [0.05, 0.1) is 18.1 Å². The predicted molar refractivity (Wildman–Crippen MR) is 80.1 cm³/mol. The zero-order chi connectivity index (χ0) is 16.4. The SMILES string of the molecule is Cc1ccc([N+](=O)[O-])cc1-c1cc(C(=O)N2CCOCC2)on1. The summed E-state index contributed by atoms with van der Waals surface area (Å²) in [6.07, 6.45) is 0.